The minimum absolute atomic E-state index is 0.0485. The van der Waals surface area contributed by atoms with E-state index in [9.17, 15) is 4.79 Å². The van der Waals surface area contributed by atoms with Crippen molar-refractivity contribution in [2.75, 3.05) is 18.8 Å². The first-order valence-corrected chi connectivity index (χ1v) is 9.94. The van der Waals surface area contributed by atoms with E-state index >= 15 is 0 Å². The molecule has 1 amide bonds. The highest BCUT2D eigenvalue weighted by molar-refractivity contribution is 6.33. The Balaban J connectivity index is 1.78. The largest absolute Gasteiger partial charge is 0.490 e. The van der Waals surface area contributed by atoms with Gasteiger partial charge in [-0.05, 0) is 58.4 Å². The van der Waals surface area contributed by atoms with E-state index in [0.717, 1.165) is 13.1 Å². The molecule has 5 nitrogen and oxygen atoms in total. The lowest BCUT2D eigenvalue weighted by Crippen LogP contribution is -2.54. The molecule has 1 aromatic rings. The monoisotopic (exact) mass is 379 g/mol. The summed E-state index contributed by atoms with van der Waals surface area (Å²) in [7, 11) is 0. The number of ether oxygens (including phenoxy) is 1. The number of nitrogen functional groups attached to an aromatic ring is 1. The highest BCUT2D eigenvalue weighted by Crippen LogP contribution is 2.38. The fraction of sp³-hybridized carbons (Fsp3) is 0.650. The molecule has 6 heteroatoms. The minimum Gasteiger partial charge on any atom is -0.490 e. The number of anilines is 1. The van der Waals surface area contributed by atoms with Crippen molar-refractivity contribution in [1.29, 1.82) is 0 Å². The average molecular weight is 380 g/mol. The lowest BCUT2D eigenvalue weighted by Gasteiger charge is -2.40. The maximum absolute atomic E-state index is 13.0. The fourth-order valence-electron chi connectivity index (χ4n) is 4.24. The zero-order valence-corrected chi connectivity index (χ0v) is 16.8. The fourth-order valence-corrected chi connectivity index (χ4v) is 4.41. The van der Waals surface area contributed by atoms with E-state index < -0.39 is 0 Å². The standard InChI is InChI=1S/C20H30ClN3O2/c1-11(2)24-9-13-5-6-14(10-24)19(13)23-20(25)15-7-16(21)17(22)8-18(15)26-12(3)4/h7-8,11-14,19H,5-6,9-10,22H2,1-4H3,(H,23,25). The number of amides is 1. The van der Waals surface area contributed by atoms with E-state index in [0.29, 0.717) is 39.9 Å². The van der Waals surface area contributed by atoms with Gasteiger partial charge < -0.3 is 20.7 Å². The van der Waals surface area contributed by atoms with Gasteiger partial charge >= 0.3 is 0 Å². The van der Waals surface area contributed by atoms with Gasteiger partial charge in [0.15, 0.2) is 0 Å². The van der Waals surface area contributed by atoms with E-state index in [-0.39, 0.29) is 18.1 Å². The summed E-state index contributed by atoms with van der Waals surface area (Å²) >= 11 is 6.17. The van der Waals surface area contributed by atoms with Gasteiger partial charge in [0.05, 0.1) is 22.4 Å². The van der Waals surface area contributed by atoms with Crippen molar-refractivity contribution in [3.63, 3.8) is 0 Å². The zero-order valence-electron chi connectivity index (χ0n) is 16.1. The number of piperidine rings is 1. The Morgan fingerprint density at radius 2 is 1.85 bits per heavy atom. The van der Waals surface area contributed by atoms with Crippen LogP contribution in [0.1, 0.15) is 50.9 Å². The van der Waals surface area contributed by atoms with Crippen molar-refractivity contribution in [2.24, 2.45) is 11.8 Å². The van der Waals surface area contributed by atoms with E-state index in [4.69, 9.17) is 22.1 Å². The van der Waals surface area contributed by atoms with Gasteiger partial charge in [0.2, 0.25) is 0 Å². The van der Waals surface area contributed by atoms with Crippen LogP contribution in [0.4, 0.5) is 5.69 Å². The topological polar surface area (TPSA) is 67.6 Å². The molecule has 1 saturated carbocycles. The van der Waals surface area contributed by atoms with Crippen molar-refractivity contribution in [3.05, 3.63) is 22.7 Å². The highest BCUT2D eigenvalue weighted by atomic mass is 35.5. The second-order valence-corrected chi connectivity index (χ2v) is 8.59. The van der Waals surface area contributed by atoms with Gasteiger partial charge in [0.1, 0.15) is 5.75 Å². The number of nitrogens with two attached hydrogens (primary N) is 1. The molecule has 0 aromatic heterocycles. The molecule has 1 heterocycles. The summed E-state index contributed by atoms with van der Waals surface area (Å²) in [5.74, 6) is 1.39. The van der Waals surface area contributed by atoms with Crippen molar-refractivity contribution in [3.8, 4) is 5.75 Å². The lowest BCUT2D eigenvalue weighted by atomic mass is 9.91. The van der Waals surface area contributed by atoms with Gasteiger partial charge in [0, 0.05) is 31.2 Å². The van der Waals surface area contributed by atoms with Gasteiger partial charge in [-0.2, -0.15) is 0 Å². The molecule has 2 atom stereocenters. The van der Waals surface area contributed by atoms with Crippen LogP contribution in [0.5, 0.6) is 5.75 Å². The second-order valence-electron chi connectivity index (χ2n) is 8.18. The quantitative estimate of drug-likeness (QED) is 0.767. The molecular formula is C20H30ClN3O2. The predicted molar refractivity (Wildman–Crippen MR) is 106 cm³/mol. The molecule has 2 aliphatic rings. The Kier molecular flexibility index (Phi) is 5.68. The van der Waals surface area contributed by atoms with Gasteiger partial charge in [-0.25, -0.2) is 0 Å². The molecule has 3 N–H and O–H groups in total. The van der Waals surface area contributed by atoms with Crippen molar-refractivity contribution in [2.45, 2.75) is 58.7 Å². The smallest absolute Gasteiger partial charge is 0.255 e. The maximum atomic E-state index is 13.0. The highest BCUT2D eigenvalue weighted by Gasteiger charge is 2.43. The van der Waals surface area contributed by atoms with Crippen LogP contribution >= 0.6 is 11.6 Å². The summed E-state index contributed by atoms with van der Waals surface area (Å²) in [6.07, 6.45) is 2.31. The molecule has 0 spiro atoms. The number of carbonyl (C=O) groups excluding carboxylic acids is 1. The number of likely N-dealkylation sites (tertiary alicyclic amines) is 1. The number of fused-ring (bicyclic) bond motifs is 2. The van der Waals surface area contributed by atoms with Gasteiger partial charge in [-0.1, -0.05) is 11.6 Å². The summed E-state index contributed by atoms with van der Waals surface area (Å²) in [6, 6.07) is 4.04. The van der Waals surface area contributed by atoms with Crippen LogP contribution in [0.2, 0.25) is 5.02 Å². The molecule has 1 saturated heterocycles. The third-order valence-corrected chi connectivity index (χ3v) is 5.92. The first-order valence-electron chi connectivity index (χ1n) is 9.56. The van der Waals surface area contributed by atoms with Crippen molar-refractivity contribution >= 4 is 23.2 Å². The Morgan fingerprint density at radius 3 is 2.38 bits per heavy atom. The number of hydrogen-bond acceptors (Lipinski definition) is 4. The summed E-state index contributed by atoms with van der Waals surface area (Å²) in [5.41, 5.74) is 6.78. The predicted octanol–water partition coefficient (Wildman–Crippen LogP) is 3.56. The maximum Gasteiger partial charge on any atom is 0.255 e. The first kappa shape index (κ1) is 19.3. The molecule has 2 unspecified atom stereocenters. The number of nitrogens with one attached hydrogen (secondary N) is 1. The molecule has 1 aliphatic carbocycles. The van der Waals surface area contributed by atoms with Crippen molar-refractivity contribution in [1.82, 2.24) is 10.2 Å². The lowest BCUT2D eigenvalue weighted by molar-refractivity contribution is 0.0775. The number of hydrogen-bond donors (Lipinski definition) is 2. The molecule has 144 valence electrons. The van der Waals surface area contributed by atoms with Crippen LogP contribution in [-0.2, 0) is 0 Å². The minimum atomic E-state index is -0.123. The molecule has 3 rings (SSSR count). The van der Waals surface area contributed by atoms with Crippen LogP contribution in [0.3, 0.4) is 0 Å². The van der Waals surface area contributed by atoms with Crippen LogP contribution in [0.25, 0.3) is 0 Å². The van der Waals surface area contributed by atoms with Crippen molar-refractivity contribution < 1.29 is 9.53 Å². The van der Waals surface area contributed by atoms with Gasteiger partial charge in [-0.3, -0.25) is 4.79 Å². The molecular weight excluding hydrogens is 350 g/mol. The molecule has 2 fully saturated rings. The van der Waals surface area contributed by atoms with Crippen LogP contribution < -0.4 is 15.8 Å². The van der Waals surface area contributed by atoms with E-state index in [1.807, 2.05) is 13.8 Å². The molecule has 26 heavy (non-hydrogen) atoms. The van der Waals surface area contributed by atoms with E-state index in [2.05, 4.69) is 24.1 Å². The Labute approximate surface area is 161 Å². The third kappa shape index (κ3) is 3.94. The van der Waals surface area contributed by atoms with Crippen LogP contribution in [0.15, 0.2) is 12.1 Å². The molecule has 1 aliphatic heterocycles. The third-order valence-electron chi connectivity index (χ3n) is 5.60. The van der Waals surface area contributed by atoms with Gasteiger partial charge in [-0.15, -0.1) is 0 Å². The SMILES string of the molecule is CC(C)Oc1cc(N)c(Cl)cc1C(=O)NC1C2CCC1CN(C(C)C)C2. The summed E-state index contributed by atoms with van der Waals surface area (Å²) in [5, 5.41) is 3.65. The molecule has 0 radical (unpaired) electrons. The van der Waals surface area contributed by atoms with E-state index in [1.54, 1.807) is 12.1 Å². The zero-order chi connectivity index (χ0) is 19.0. The number of carbonyl (C=O) groups is 1. The first-order chi connectivity index (χ1) is 12.3. The average Bonchev–Trinajstić information content (AvgIpc) is 2.79. The Bertz CT molecular complexity index is 663. The number of nitrogens with zero attached hydrogens (tertiary/aromatic N) is 1. The van der Waals surface area contributed by atoms with Crippen LogP contribution in [0, 0.1) is 11.8 Å². The normalized spacial score (nSPS) is 25.7. The van der Waals surface area contributed by atoms with Crippen LogP contribution in [-0.4, -0.2) is 42.1 Å². The summed E-state index contributed by atoms with van der Waals surface area (Å²) in [6.45, 7) is 10.4. The Morgan fingerprint density at radius 1 is 1.23 bits per heavy atom. The second kappa shape index (κ2) is 7.65. The Hall–Kier alpha value is -1.46. The number of rotatable bonds is 5. The van der Waals surface area contributed by atoms with Gasteiger partial charge in [0.25, 0.3) is 5.91 Å². The summed E-state index contributed by atoms with van der Waals surface area (Å²) in [4.78, 5) is 15.5. The summed E-state index contributed by atoms with van der Waals surface area (Å²) < 4.78 is 5.80. The number of benzene rings is 1. The molecule has 1 aromatic carbocycles. The van der Waals surface area contributed by atoms with E-state index in [1.165, 1.54) is 12.8 Å². The molecule has 2 bridgehead atoms. The number of halogens is 1.